The maximum Gasteiger partial charge on any atom is 0.417 e. The van der Waals surface area contributed by atoms with Crippen LogP contribution in [0.1, 0.15) is 27.4 Å². The normalized spacial score (nSPS) is 23.4. The van der Waals surface area contributed by atoms with E-state index in [1.54, 1.807) is 19.1 Å². The number of alkyl halides is 3. The van der Waals surface area contributed by atoms with Crippen LogP contribution in [0, 0.1) is 6.92 Å². The Labute approximate surface area is 148 Å². The van der Waals surface area contributed by atoms with Crippen molar-refractivity contribution in [2.75, 3.05) is 7.04 Å². The van der Waals surface area contributed by atoms with E-state index in [1.165, 1.54) is 24.4 Å². The van der Waals surface area contributed by atoms with Crippen molar-refractivity contribution in [3.05, 3.63) is 53.3 Å². The third-order valence-electron chi connectivity index (χ3n) is 4.59. The largest absolute Gasteiger partial charge is 0.417 e. The van der Waals surface area contributed by atoms with Crippen molar-refractivity contribution in [2.24, 2.45) is 0 Å². The van der Waals surface area contributed by atoms with Gasteiger partial charge in [0.1, 0.15) is 0 Å². The predicted molar refractivity (Wildman–Crippen MR) is 86.0 cm³/mol. The summed E-state index contributed by atoms with van der Waals surface area (Å²) >= 11 is 0. The van der Waals surface area contributed by atoms with Crippen LogP contribution in [-0.4, -0.2) is 31.2 Å². The number of hydrogen-bond donors (Lipinski definition) is 0. The quantitative estimate of drug-likeness (QED) is 0.824. The average molecular weight is 376 g/mol. The molecule has 25 heavy (non-hydrogen) atoms. The molecular formula is C17H18F3NO3S. The highest BCUT2D eigenvalue weighted by molar-refractivity contribution is 7.90. The SMILES string of the molecule is [2H]C([2H])([2H])O[C@@]1(C(F)(F)F)CCc2ccn(S(=O)(=O)c3ccc(C)cc3)c2C1. The number of fused-ring (bicyclic) bond motifs is 1. The van der Waals surface area contributed by atoms with Gasteiger partial charge in [-0.25, -0.2) is 12.4 Å². The first-order valence-electron chi connectivity index (χ1n) is 9.03. The standard InChI is InChI=1S/C17H18F3NO3S/c1-12-3-5-14(6-4-12)25(22,23)21-10-8-13-7-9-16(24-2,11-15(13)21)17(18,19)20/h3-6,8,10H,7,9,11H2,1-2H3/t16-/m0/s1/i2D3. The minimum atomic E-state index is -4.98. The van der Waals surface area contributed by atoms with Crippen LogP contribution >= 0.6 is 0 Å². The van der Waals surface area contributed by atoms with Gasteiger partial charge in [-0.3, -0.25) is 0 Å². The van der Waals surface area contributed by atoms with Gasteiger partial charge >= 0.3 is 6.18 Å². The number of nitrogens with zero attached hydrogens (tertiary/aromatic N) is 1. The highest BCUT2D eigenvalue weighted by atomic mass is 32.2. The topological polar surface area (TPSA) is 48.3 Å². The van der Waals surface area contributed by atoms with Crippen LogP contribution in [0.4, 0.5) is 13.2 Å². The van der Waals surface area contributed by atoms with E-state index in [0.717, 1.165) is 9.54 Å². The second-order valence-corrected chi connectivity index (χ2v) is 7.99. The van der Waals surface area contributed by atoms with Crippen LogP contribution in [0.5, 0.6) is 0 Å². The Kier molecular flexibility index (Phi) is 3.38. The molecule has 0 spiro atoms. The number of methoxy groups -OCH3 is 1. The molecule has 0 saturated heterocycles. The Balaban J connectivity index is 2.09. The summed E-state index contributed by atoms with van der Waals surface area (Å²) in [6.45, 7) is 1.78. The molecule has 1 aromatic carbocycles. The summed E-state index contributed by atoms with van der Waals surface area (Å²) in [6.07, 6.45) is -5.44. The number of aryl methyl sites for hydroxylation is 2. The van der Waals surface area contributed by atoms with Gasteiger partial charge in [0.25, 0.3) is 10.0 Å². The molecule has 1 aliphatic carbocycles. The minimum absolute atomic E-state index is 0.0728. The summed E-state index contributed by atoms with van der Waals surface area (Å²) < 4.78 is 94.0. The summed E-state index contributed by atoms with van der Waals surface area (Å²) in [5.74, 6) is 0. The van der Waals surface area contributed by atoms with Gasteiger partial charge in [-0.1, -0.05) is 17.7 Å². The summed E-state index contributed by atoms with van der Waals surface area (Å²) in [7, 11) is -7.42. The van der Waals surface area contributed by atoms with Crippen LogP contribution in [0.15, 0.2) is 41.4 Å². The van der Waals surface area contributed by atoms with Gasteiger partial charge in [-0.15, -0.1) is 0 Å². The van der Waals surface area contributed by atoms with Gasteiger partial charge in [0.05, 0.1) is 9.01 Å². The first-order chi connectivity index (χ1) is 12.8. The van der Waals surface area contributed by atoms with Gasteiger partial charge in [-0.2, -0.15) is 13.2 Å². The van der Waals surface area contributed by atoms with Gasteiger partial charge in [-0.05, 0) is 43.5 Å². The Morgan fingerprint density at radius 2 is 1.92 bits per heavy atom. The van der Waals surface area contributed by atoms with Gasteiger partial charge in [0, 0.05) is 25.3 Å². The van der Waals surface area contributed by atoms with Crippen molar-refractivity contribution < 1.29 is 30.4 Å². The van der Waals surface area contributed by atoms with Gasteiger partial charge < -0.3 is 4.74 Å². The Morgan fingerprint density at radius 3 is 2.52 bits per heavy atom. The maximum atomic E-state index is 13.8. The molecule has 0 fully saturated rings. The first-order valence-corrected chi connectivity index (χ1v) is 8.97. The summed E-state index contributed by atoms with van der Waals surface area (Å²) in [6, 6.07) is 7.35. The lowest BCUT2D eigenvalue weighted by molar-refractivity contribution is -0.273. The van der Waals surface area contributed by atoms with E-state index in [2.05, 4.69) is 4.74 Å². The van der Waals surface area contributed by atoms with Crippen LogP contribution in [0.3, 0.4) is 0 Å². The molecule has 1 atom stereocenters. The van der Waals surface area contributed by atoms with E-state index in [1.807, 2.05) is 0 Å². The van der Waals surface area contributed by atoms with Crippen LogP contribution in [0.2, 0.25) is 0 Å². The molecule has 3 rings (SSSR count). The van der Waals surface area contributed by atoms with Crippen molar-refractivity contribution in [3.8, 4) is 0 Å². The predicted octanol–water partition coefficient (Wildman–Crippen LogP) is 3.47. The lowest BCUT2D eigenvalue weighted by Crippen LogP contribution is -2.51. The van der Waals surface area contributed by atoms with Gasteiger partial charge in [0.2, 0.25) is 0 Å². The van der Waals surface area contributed by atoms with E-state index < -0.39 is 41.7 Å². The van der Waals surface area contributed by atoms with Crippen molar-refractivity contribution in [1.29, 1.82) is 0 Å². The molecule has 0 saturated carbocycles. The third kappa shape index (κ3) is 2.87. The van der Waals surface area contributed by atoms with Gasteiger partial charge in [0.15, 0.2) is 5.60 Å². The summed E-state index contributed by atoms with van der Waals surface area (Å²) in [4.78, 5) is -0.0728. The van der Waals surface area contributed by atoms with Crippen LogP contribution in [-0.2, 0) is 27.6 Å². The highest BCUT2D eigenvalue weighted by Crippen LogP contribution is 2.43. The lowest BCUT2D eigenvalue weighted by Gasteiger charge is -2.37. The van der Waals surface area contributed by atoms with Crippen LogP contribution in [0.25, 0.3) is 0 Å². The first kappa shape index (κ1) is 14.4. The molecule has 1 aliphatic rings. The van der Waals surface area contributed by atoms with Crippen LogP contribution < -0.4 is 0 Å². The van der Waals surface area contributed by atoms with Crippen molar-refractivity contribution in [1.82, 2.24) is 3.97 Å². The molecule has 8 heteroatoms. The molecular weight excluding hydrogens is 355 g/mol. The molecule has 0 amide bonds. The Bertz CT molecular complexity index is 982. The summed E-state index contributed by atoms with van der Waals surface area (Å²) in [5.41, 5.74) is -1.85. The van der Waals surface area contributed by atoms with Crippen molar-refractivity contribution in [3.63, 3.8) is 0 Å². The molecule has 4 nitrogen and oxygen atoms in total. The molecule has 0 aliphatic heterocycles. The lowest BCUT2D eigenvalue weighted by atomic mass is 9.83. The van der Waals surface area contributed by atoms with E-state index in [-0.39, 0.29) is 17.0 Å². The molecule has 1 aromatic heterocycles. The van der Waals surface area contributed by atoms with E-state index in [4.69, 9.17) is 4.11 Å². The van der Waals surface area contributed by atoms with Crippen molar-refractivity contribution in [2.45, 2.75) is 42.9 Å². The third-order valence-corrected chi connectivity index (χ3v) is 6.32. The monoisotopic (exact) mass is 376 g/mol. The van der Waals surface area contributed by atoms with E-state index in [0.29, 0.717) is 5.56 Å². The van der Waals surface area contributed by atoms with E-state index in [9.17, 15) is 21.6 Å². The molecule has 1 heterocycles. The number of ether oxygens (including phenoxy) is 1. The Morgan fingerprint density at radius 1 is 1.24 bits per heavy atom. The second kappa shape index (κ2) is 5.88. The number of aromatic nitrogens is 1. The number of rotatable bonds is 3. The molecule has 0 bridgehead atoms. The molecule has 0 unspecified atom stereocenters. The molecule has 0 N–H and O–H groups in total. The number of benzene rings is 1. The number of halogens is 3. The van der Waals surface area contributed by atoms with E-state index >= 15 is 0 Å². The fourth-order valence-corrected chi connectivity index (χ4v) is 4.44. The minimum Gasteiger partial charge on any atom is -0.368 e. The molecule has 2 aromatic rings. The molecule has 136 valence electrons. The zero-order chi connectivity index (χ0) is 21.0. The second-order valence-electron chi connectivity index (χ2n) is 6.17. The zero-order valence-electron chi connectivity index (χ0n) is 16.3. The van der Waals surface area contributed by atoms with Crippen molar-refractivity contribution >= 4 is 10.0 Å². The zero-order valence-corrected chi connectivity index (χ0v) is 14.1. The fraction of sp³-hybridized carbons (Fsp3) is 0.412. The average Bonchev–Trinajstić information content (AvgIpc) is 2.96. The number of hydrogen-bond acceptors (Lipinski definition) is 3. The smallest absolute Gasteiger partial charge is 0.368 e. The maximum absolute atomic E-state index is 13.8. The highest BCUT2D eigenvalue weighted by Gasteiger charge is 2.57. The molecule has 0 radical (unpaired) electrons. The Hall–Kier alpha value is -1.80. The summed E-state index contributed by atoms with van der Waals surface area (Å²) in [5, 5.41) is 0. The fourth-order valence-electron chi connectivity index (χ4n) is 3.04.